The van der Waals surface area contributed by atoms with Crippen molar-refractivity contribution in [1.29, 1.82) is 0 Å². The molecule has 6 heteroatoms. The van der Waals surface area contributed by atoms with Gasteiger partial charge in [-0.25, -0.2) is 4.79 Å². The van der Waals surface area contributed by atoms with Gasteiger partial charge in [-0.1, -0.05) is 20.8 Å². The molecule has 0 fully saturated rings. The zero-order chi connectivity index (χ0) is 16.0. The van der Waals surface area contributed by atoms with E-state index in [1.54, 1.807) is 6.07 Å². The Balaban J connectivity index is 2.81. The lowest BCUT2D eigenvalue weighted by molar-refractivity contribution is -0.113. The first-order valence-corrected chi connectivity index (χ1v) is 7.50. The van der Waals surface area contributed by atoms with Crippen LogP contribution in [0.2, 0.25) is 0 Å². The molecule has 1 aromatic carbocycles. The van der Waals surface area contributed by atoms with Crippen molar-refractivity contribution in [3.05, 3.63) is 29.3 Å². The number of carboxylic acids is 1. The average Bonchev–Trinajstić information content (AvgIpc) is 2.35. The van der Waals surface area contributed by atoms with Gasteiger partial charge in [0, 0.05) is 17.5 Å². The van der Waals surface area contributed by atoms with E-state index in [9.17, 15) is 9.59 Å². The van der Waals surface area contributed by atoms with Gasteiger partial charge < -0.3 is 15.2 Å². The summed E-state index contributed by atoms with van der Waals surface area (Å²) in [5, 5.41) is 11.8. The van der Waals surface area contributed by atoms with Gasteiger partial charge in [-0.3, -0.25) is 4.79 Å². The molecule has 0 aliphatic carbocycles. The van der Waals surface area contributed by atoms with Crippen molar-refractivity contribution in [3.8, 4) is 0 Å². The molecule has 0 unspecified atom stereocenters. The summed E-state index contributed by atoms with van der Waals surface area (Å²) in [6, 6.07) is 4.70. The number of nitrogens with one attached hydrogen (secondary N) is 1. The standard InChI is InChI=1S/C15H21NO4S/c1-15(2,3)21-9-13(17)16-12-6-10(8-20-4)5-11(7-12)14(18)19/h5-7H,8-9H2,1-4H3,(H,16,17)(H,18,19). The molecule has 0 bridgehead atoms. The quantitative estimate of drug-likeness (QED) is 0.844. The highest BCUT2D eigenvalue weighted by Crippen LogP contribution is 2.23. The number of carboxylic acid groups (broad SMARTS) is 1. The third-order valence-electron chi connectivity index (χ3n) is 2.47. The summed E-state index contributed by atoms with van der Waals surface area (Å²) in [5.41, 5.74) is 1.31. The third kappa shape index (κ3) is 6.64. The fourth-order valence-electron chi connectivity index (χ4n) is 1.62. The van der Waals surface area contributed by atoms with Crippen LogP contribution in [0.4, 0.5) is 5.69 Å². The summed E-state index contributed by atoms with van der Waals surface area (Å²) in [6.45, 7) is 6.40. The van der Waals surface area contributed by atoms with E-state index in [2.05, 4.69) is 5.32 Å². The molecule has 2 N–H and O–H groups in total. The first-order chi connectivity index (χ1) is 9.71. The summed E-state index contributed by atoms with van der Waals surface area (Å²) >= 11 is 1.53. The number of ether oxygens (including phenoxy) is 1. The van der Waals surface area contributed by atoms with E-state index in [1.807, 2.05) is 20.8 Å². The Morgan fingerprint density at radius 2 is 1.95 bits per heavy atom. The molecule has 0 radical (unpaired) electrons. The van der Waals surface area contributed by atoms with Gasteiger partial charge in [-0.05, 0) is 23.8 Å². The number of benzene rings is 1. The molecule has 21 heavy (non-hydrogen) atoms. The number of thioether (sulfide) groups is 1. The van der Waals surface area contributed by atoms with E-state index >= 15 is 0 Å². The van der Waals surface area contributed by atoms with Crippen molar-refractivity contribution < 1.29 is 19.4 Å². The molecule has 1 amide bonds. The van der Waals surface area contributed by atoms with Crippen LogP contribution in [-0.2, 0) is 16.1 Å². The topological polar surface area (TPSA) is 75.6 Å². The Hall–Kier alpha value is -1.53. The molecule has 0 atom stereocenters. The molecular formula is C15H21NO4S. The van der Waals surface area contributed by atoms with Gasteiger partial charge in [-0.2, -0.15) is 0 Å². The van der Waals surface area contributed by atoms with Gasteiger partial charge in [0.05, 0.1) is 17.9 Å². The molecule has 1 rings (SSSR count). The van der Waals surface area contributed by atoms with Crippen molar-refractivity contribution >= 4 is 29.3 Å². The zero-order valence-electron chi connectivity index (χ0n) is 12.7. The van der Waals surface area contributed by atoms with E-state index in [4.69, 9.17) is 9.84 Å². The smallest absolute Gasteiger partial charge is 0.335 e. The summed E-state index contributed by atoms with van der Waals surface area (Å²) in [7, 11) is 1.53. The molecule has 1 aromatic rings. The number of anilines is 1. The zero-order valence-corrected chi connectivity index (χ0v) is 13.5. The van der Waals surface area contributed by atoms with Crippen LogP contribution in [0.15, 0.2) is 18.2 Å². The second-order valence-corrected chi connectivity index (χ2v) is 7.41. The minimum atomic E-state index is -1.03. The molecule has 0 aliphatic rings. The van der Waals surface area contributed by atoms with Crippen molar-refractivity contribution in [1.82, 2.24) is 0 Å². The normalized spacial score (nSPS) is 11.2. The number of carbonyl (C=O) groups is 2. The van der Waals surface area contributed by atoms with Crippen LogP contribution in [0.3, 0.4) is 0 Å². The number of carbonyl (C=O) groups excluding carboxylic acids is 1. The molecule has 0 saturated carbocycles. The van der Waals surface area contributed by atoms with Crippen molar-refractivity contribution in [3.63, 3.8) is 0 Å². The second-order valence-electron chi connectivity index (χ2n) is 5.61. The third-order valence-corrected chi connectivity index (χ3v) is 3.74. The SMILES string of the molecule is COCc1cc(NC(=O)CSC(C)(C)C)cc(C(=O)O)c1. The summed E-state index contributed by atoms with van der Waals surface area (Å²) in [4.78, 5) is 23.0. The van der Waals surface area contributed by atoms with Gasteiger partial charge in [0.25, 0.3) is 0 Å². The largest absolute Gasteiger partial charge is 0.478 e. The van der Waals surface area contributed by atoms with Crippen LogP contribution in [0.1, 0.15) is 36.7 Å². The Morgan fingerprint density at radius 3 is 2.48 bits per heavy atom. The predicted octanol–water partition coefficient (Wildman–Crippen LogP) is 3.00. The molecule has 0 spiro atoms. The van der Waals surface area contributed by atoms with Crippen LogP contribution in [-0.4, -0.2) is 34.6 Å². The highest BCUT2D eigenvalue weighted by molar-refractivity contribution is 8.01. The van der Waals surface area contributed by atoms with Crippen LogP contribution < -0.4 is 5.32 Å². The highest BCUT2D eigenvalue weighted by atomic mass is 32.2. The summed E-state index contributed by atoms with van der Waals surface area (Å²) in [5.74, 6) is -0.867. The maximum absolute atomic E-state index is 11.9. The van der Waals surface area contributed by atoms with Crippen LogP contribution in [0.5, 0.6) is 0 Å². The van der Waals surface area contributed by atoms with Crippen LogP contribution >= 0.6 is 11.8 Å². The average molecular weight is 311 g/mol. The summed E-state index contributed by atoms with van der Waals surface area (Å²) in [6.07, 6.45) is 0. The summed E-state index contributed by atoms with van der Waals surface area (Å²) < 4.78 is 5.01. The van der Waals surface area contributed by atoms with E-state index < -0.39 is 5.97 Å². The number of rotatable bonds is 6. The number of aromatic carboxylic acids is 1. The highest BCUT2D eigenvalue weighted by Gasteiger charge is 2.14. The van der Waals surface area contributed by atoms with Crippen LogP contribution in [0, 0.1) is 0 Å². The van der Waals surface area contributed by atoms with E-state index in [0.29, 0.717) is 23.6 Å². The van der Waals surface area contributed by atoms with Gasteiger partial charge in [0.2, 0.25) is 5.91 Å². The minimum Gasteiger partial charge on any atom is -0.478 e. The number of hydrogen-bond acceptors (Lipinski definition) is 4. The molecule has 0 aliphatic heterocycles. The maximum Gasteiger partial charge on any atom is 0.335 e. The lowest BCUT2D eigenvalue weighted by Crippen LogP contribution is -2.19. The van der Waals surface area contributed by atoms with Crippen LogP contribution in [0.25, 0.3) is 0 Å². The number of amides is 1. The maximum atomic E-state index is 11.9. The van der Waals surface area contributed by atoms with Gasteiger partial charge in [0.1, 0.15) is 0 Å². The predicted molar refractivity (Wildman–Crippen MR) is 85.0 cm³/mol. The minimum absolute atomic E-state index is 0.00145. The van der Waals surface area contributed by atoms with Crippen molar-refractivity contribution in [2.45, 2.75) is 32.1 Å². The first kappa shape index (κ1) is 17.5. The van der Waals surface area contributed by atoms with E-state index in [-0.39, 0.29) is 16.2 Å². The molecule has 0 heterocycles. The number of methoxy groups -OCH3 is 1. The molecule has 5 nitrogen and oxygen atoms in total. The van der Waals surface area contributed by atoms with Gasteiger partial charge in [-0.15, -0.1) is 11.8 Å². The van der Waals surface area contributed by atoms with Crippen molar-refractivity contribution in [2.75, 3.05) is 18.2 Å². The Kier molecular flexibility index (Phi) is 6.23. The fraction of sp³-hybridized carbons (Fsp3) is 0.467. The van der Waals surface area contributed by atoms with Gasteiger partial charge in [0.15, 0.2) is 0 Å². The lowest BCUT2D eigenvalue weighted by Gasteiger charge is -2.17. The Bertz CT molecular complexity index is 523. The lowest BCUT2D eigenvalue weighted by atomic mass is 10.1. The van der Waals surface area contributed by atoms with E-state index in [1.165, 1.54) is 31.0 Å². The van der Waals surface area contributed by atoms with Gasteiger partial charge >= 0.3 is 5.97 Å². The molecule has 116 valence electrons. The number of hydrogen-bond donors (Lipinski definition) is 2. The fourth-order valence-corrected chi connectivity index (χ4v) is 2.25. The Labute approximate surface area is 129 Å². The monoisotopic (exact) mass is 311 g/mol. The molecule has 0 saturated heterocycles. The van der Waals surface area contributed by atoms with Crippen molar-refractivity contribution in [2.24, 2.45) is 0 Å². The van der Waals surface area contributed by atoms with E-state index in [0.717, 1.165) is 0 Å². The molecular weight excluding hydrogens is 290 g/mol. The Morgan fingerprint density at radius 1 is 1.29 bits per heavy atom. The second kappa shape index (κ2) is 7.47. The first-order valence-electron chi connectivity index (χ1n) is 6.51. The molecule has 0 aromatic heterocycles.